The van der Waals surface area contributed by atoms with Crippen molar-refractivity contribution in [2.24, 2.45) is 5.92 Å². The molecule has 0 radical (unpaired) electrons. The van der Waals surface area contributed by atoms with Crippen LogP contribution in [0.1, 0.15) is 61.3 Å². The van der Waals surface area contributed by atoms with Gasteiger partial charge in [0.25, 0.3) is 0 Å². The zero-order valence-corrected chi connectivity index (χ0v) is 24.9. The van der Waals surface area contributed by atoms with Gasteiger partial charge in [-0.25, -0.2) is 0 Å². The second kappa shape index (κ2) is 14.1. The molecule has 0 aliphatic carbocycles. The van der Waals surface area contributed by atoms with Crippen LogP contribution in [-0.4, -0.2) is 52.0 Å². The van der Waals surface area contributed by atoms with Crippen LogP contribution in [0, 0.1) is 5.92 Å². The SMILES string of the molecule is CO[C@@H](/C=C/C=C/C=C/C[C@@H]1OC(C)(C)O[C@@H](/C(C)=C\CCl)[C@H]1C)CCO[Si](C)(C)C(C)(C)C. The predicted octanol–water partition coefficient (Wildman–Crippen LogP) is 7.81. The molecule has 0 bridgehead atoms. The average Bonchev–Trinajstić information content (AvgIpc) is 2.72. The summed E-state index contributed by atoms with van der Waals surface area (Å²) in [5.74, 6) is 0.131. The standard InChI is InChI=1S/C28H49ClO4Si/c1-22(18-20-29)26-23(2)25(32-28(6,7)33-26)17-15-13-11-12-14-16-24(30-8)19-21-31-34(9,10)27(3,4)5/h11-16,18,23-26H,17,19-21H2,1-10H3/b12-11+,15-13+,16-14+,22-18-/t23-,24-,25-,26-/m0/s1. The number of ether oxygens (including phenoxy) is 3. The van der Waals surface area contributed by atoms with Crippen molar-refractivity contribution in [2.45, 2.75) is 104 Å². The van der Waals surface area contributed by atoms with Gasteiger partial charge in [0.2, 0.25) is 0 Å². The van der Waals surface area contributed by atoms with Gasteiger partial charge in [-0.1, -0.05) is 70.2 Å². The molecule has 1 saturated heterocycles. The Labute approximate surface area is 215 Å². The van der Waals surface area contributed by atoms with E-state index in [9.17, 15) is 0 Å². The van der Waals surface area contributed by atoms with Crippen LogP contribution in [0.4, 0.5) is 0 Å². The summed E-state index contributed by atoms with van der Waals surface area (Å²) in [5.41, 5.74) is 1.17. The third-order valence-corrected chi connectivity index (χ3v) is 11.6. The van der Waals surface area contributed by atoms with E-state index >= 15 is 0 Å². The van der Waals surface area contributed by atoms with Gasteiger partial charge in [0, 0.05) is 25.5 Å². The van der Waals surface area contributed by atoms with Gasteiger partial charge in [0.05, 0.1) is 18.3 Å². The van der Waals surface area contributed by atoms with Gasteiger partial charge >= 0.3 is 0 Å². The minimum absolute atomic E-state index is 0.0194. The maximum Gasteiger partial charge on any atom is 0.191 e. The fourth-order valence-electron chi connectivity index (χ4n) is 3.66. The number of halogens is 1. The van der Waals surface area contributed by atoms with Crippen molar-refractivity contribution in [3.05, 3.63) is 48.1 Å². The Morgan fingerprint density at radius 1 is 1.12 bits per heavy atom. The van der Waals surface area contributed by atoms with Crippen LogP contribution >= 0.6 is 11.6 Å². The van der Waals surface area contributed by atoms with Crippen LogP contribution in [0.15, 0.2) is 48.1 Å². The minimum Gasteiger partial charge on any atom is -0.417 e. The molecular formula is C28H49ClO4Si. The molecule has 0 N–H and O–H groups in total. The highest BCUT2D eigenvalue weighted by Crippen LogP contribution is 2.37. The number of rotatable bonds is 12. The lowest BCUT2D eigenvalue weighted by molar-refractivity contribution is -0.310. The maximum absolute atomic E-state index is 6.27. The van der Waals surface area contributed by atoms with Gasteiger partial charge in [-0.2, -0.15) is 0 Å². The van der Waals surface area contributed by atoms with Crippen LogP contribution < -0.4 is 0 Å². The lowest BCUT2D eigenvalue weighted by atomic mass is 9.89. The Morgan fingerprint density at radius 2 is 1.76 bits per heavy atom. The highest BCUT2D eigenvalue weighted by atomic mass is 35.5. The first kappa shape index (κ1) is 31.3. The molecule has 0 aromatic carbocycles. The van der Waals surface area contributed by atoms with E-state index in [1.807, 2.05) is 38.2 Å². The molecule has 0 unspecified atom stereocenters. The van der Waals surface area contributed by atoms with E-state index < -0.39 is 14.1 Å². The monoisotopic (exact) mass is 512 g/mol. The third-order valence-electron chi connectivity index (χ3n) is 6.90. The van der Waals surface area contributed by atoms with Gasteiger partial charge in [0.15, 0.2) is 14.1 Å². The second-order valence-electron chi connectivity index (χ2n) is 11.2. The molecule has 1 aliphatic rings. The summed E-state index contributed by atoms with van der Waals surface area (Å²) in [6.45, 7) is 20.3. The summed E-state index contributed by atoms with van der Waals surface area (Å²) in [4.78, 5) is 0. The first-order chi connectivity index (χ1) is 15.7. The maximum atomic E-state index is 6.27. The van der Waals surface area contributed by atoms with Crippen molar-refractivity contribution in [2.75, 3.05) is 19.6 Å². The average molecular weight is 513 g/mol. The van der Waals surface area contributed by atoms with Gasteiger partial charge in [0.1, 0.15) is 0 Å². The number of alkyl halides is 1. The van der Waals surface area contributed by atoms with E-state index in [0.29, 0.717) is 5.88 Å². The molecule has 0 spiro atoms. The Kier molecular flexibility index (Phi) is 13.0. The highest BCUT2D eigenvalue weighted by molar-refractivity contribution is 6.74. The van der Waals surface area contributed by atoms with Crippen LogP contribution in [0.3, 0.4) is 0 Å². The molecule has 1 aliphatic heterocycles. The third kappa shape index (κ3) is 10.5. The molecule has 1 fully saturated rings. The first-order valence-electron chi connectivity index (χ1n) is 12.5. The fourth-order valence-corrected chi connectivity index (χ4v) is 4.97. The highest BCUT2D eigenvalue weighted by Gasteiger charge is 2.41. The van der Waals surface area contributed by atoms with Crippen molar-refractivity contribution >= 4 is 19.9 Å². The summed E-state index contributed by atoms with van der Waals surface area (Å²) in [6, 6.07) is 0. The molecule has 0 amide bonds. The van der Waals surface area contributed by atoms with Gasteiger partial charge in [-0.3, -0.25) is 0 Å². The Hall–Kier alpha value is -0.693. The Balaban J connectivity index is 2.54. The van der Waals surface area contributed by atoms with E-state index in [4.69, 9.17) is 30.2 Å². The number of allylic oxidation sites excluding steroid dienone is 5. The number of hydrogen-bond acceptors (Lipinski definition) is 4. The summed E-state index contributed by atoms with van der Waals surface area (Å²) >= 11 is 5.90. The lowest BCUT2D eigenvalue weighted by Crippen LogP contribution is -2.50. The van der Waals surface area contributed by atoms with Crippen molar-refractivity contribution in [1.29, 1.82) is 0 Å². The van der Waals surface area contributed by atoms with Crippen LogP contribution in [0.2, 0.25) is 18.1 Å². The zero-order chi connectivity index (χ0) is 26.0. The van der Waals surface area contributed by atoms with E-state index in [1.54, 1.807) is 7.11 Å². The topological polar surface area (TPSA) is 36.9 Å². The number of methoxy groups -OCH3 is 1. The summed E-state index contributed by atoms with van der Waals surface area (Å²) < 4.78 is 24.2. The van der Waals surface area contributed by atoms with Crippen molar-refractivity contribution in [3.63, 3.8) is 0 Å². The van der Waals surface area contributed by atoms with Gasteiger partial charge in [-0.05, 0) is 57.3 Å². The molecule has 34 heavy (non-hydrogen) atoms. The molecular weight excluding hydrogens is 464 g/mol. The summed E-state index contributed by atoms with van der Waals surface area (Å²) in [6.07, 6.45) is 16.3. The summed E-state index contributed by atoms with van der Waals surface area (Å²) in [5, 5.41) is 0.227. The van der Waals surface area contributed by atoms with E-state index in [-0.39, 0.29) is 29.3 Å². The van der Waals surface area contributed by atoms with Crippen LogP contribution in [-0.2, 0) is 18.6 Å². The first-order valence-corrected chi connectivity index (χ1v) is 15.9. The smallest absolute Gasteiger partial charge is 0.191 e. The Morgan fingerprint density at radius 3 is 2.35 bits per heavy atom. The Bertz CT molecular complexity index is 718. The molecule has 1 heterocycles. The summed E-state index contributed by atoms with van der Waals surface area (Å²) in [7, 11) is 0.0378. The number of hydrogen-bond donors (Lipinski definition) is 0. The van der Waals surface area contributed by atoms with E-state index in [0.717, 1.165) is 19.4 Å². The molecule has 1 rings (SSSR count). The molecule has 0 aromatic heterocycles. The van der Waals surface area contributed by atoms with Crippen molar-refractivity contribution in [1.82, 2.24) is 0 Å². The lowest BCUT2D eigenvalue weighted by Gasteiger charge is -2.45. The zero-order valence-electron chi connectivity index (χ0n) is 23.2. The van der Waals surface area contributed by atoms with Crippen molar-refractivity contribution < 1.29 is 18.6 Å². The predicted molar refractivity (Wildman–Crippen MR) is 148 cm³/mol. The van der Waals surface area contributed by atoms with Gasteiger partial charge in [-0.15, -0.1) is 11.6 Å². The molecule has 0 aromatic rings. The van der Waals surface area contributed by atoms with Crippen molar-refractivity contribution in [3.8, 4) is 0 Å². The molecule has 6 heteroatoms. The quantitative estimate of drug-likeness (QED) is 0.116. The largest absolute Gasteiger partial charge is 0.417 e. The fraction of sp³-hybridized carbons (Fsp3) is 0.714. The normalized spacial score (nSPS) is 25.6. The van der Waals surface area contributed by atoms with Crippen LogP contribution in [0.25, 0.3) is 0 Å². The molecule has 196 valence electrons. The molecule has 4 nitrogen and oxygen atoms in total. The minimum atomic E-state index is -1.71. The van der Waals surface area contributed by atoms with Gasteiger partial charge < -0.3 is 18.6 Å². The second-order valence-corrected chi connectivity index (χ2v) is 16.3. The molecule has 0 saturated carbocycles. The van der Waals surface area contributed by atoms with Crippen LogP contribution in [0.5, 0.6) is 0 Å². The molecule has 4 atom stereocenters. The van der Waals surface area contributed by atoms with E-state index in [2.05, 4.69) is 65.9 Å². The van der Waals surface area contributed by atoms with E-state index in [1.165, 1.54) is 5.57 Å².